The lowest BCUT2D eigenvalue weighted by molar-refractivity contribution is 0.0697. The number of hydrogen-bond donors (Lipinski definition) is 1. The van der Waals surface area contributed by atoms with E-state index >= 15 is 0 Å². The summed E-state index contributed by atoms with van der Waals surface area (Å²) in [7, 11) is 0. The molecule has 0 amide bonds. The summed E-state index contributed by atoms with van der Waals surface area (Å²) in [6.45, 7) is 3.76. The molecule has 0 saturated carbocycles. The van der Waals surface area contributed by atoms with Crippen molar-refractivity contribution in [3.63, 3.8) is 0 Å². The van der Waals surface area contributed by atoms with Crippen molar-refractivity contribution in [2.24, 2.45) is 0 Å². The van der Waals surface area contributed by atoms with Crippen molar-refractivity contribution >= 4 is 17.3 Å². The Balaban J connectivity index is 2.09. The second-order valence-electron chi connectivity index (χ2n) is 5.20. The van der Waals surface area contributed by atoms with Crippen LogP contribution in [0.3, 0.4) is 0 Å². The summed E-state index contributed by atoms with van der Waals surface area (Å²) in [6.07, 6.45) is 0. The summed E-state index contributed by atoms with van der Waals surface area (Å²) in [5, 5.41) is 9.84. The first-order chi connectivity index (χ1) is 11.0. The topological polar surface area (TPSA) is 50.2 Å². The Kier molecular flexibility index (Phi) is 3.96. The van der Waals surface area contributed by atoms with E-state index in [9.17, 15) is 9.18 Å². The van der Waals surface area contributed by atoms with Crippen molar-refractivity contribution in [3.05, 3.63) is 64.5 Å². The lowest BCUT2D eigenvalue weighted by Crippen LogP contribution is -1.95. The molecule has 3 nitrogen and oxygen atoms in total. The van der Waals surface area contributed by atoms with Crippen LogP contribution < -0.4 is 0 Å². The lowest BCUT2D eigenvalue weighted by atomic mass is 10.00. The predicted molar refractivity (Wildman–Crippen MR) is 89.4 cm³/mol. The van der Waals surface area contributed by atoms with E-state index in [1.807, 2.05) is 13.8 Å². The molecule has 0 aliphatic carbocycles. The molecule has 3 rings (SSSR count). The van der Waals surface area contributed by atoms with Gasteiger partial charge in [-0.15, -0.1) is 11.3 Å². The van der Waals surface area contributed by atoms with Crippen LogP contribution in [0.4, 0.5) is 4.39 Å². The second kappa shape index (κ2) is 5.93. The van der Waals surface area contributed by atoms with Gasteiger partial charge >= 0.3 is 5.97 Å². The normalized spacial score (nSPS) is 10.7. The van der Waals surface area contributed by atoms with E-state index in [4.69, 9.17) is 5.11 Å². The molecule has 3 aromatic rings. The first-order valence-electron chi connectivity index (χ1n) is 7.04. The van der Waals surface area contributed by atoms with E-state index < -0.39 is 5.97 Å². The van der Waals surface area contributed by atoms with Gasteiger partial charge in [0.05, 0.1) is 21.1 Å². The number of carbonyl (C=O) groups is 1. The predicted octanol–water partition coefficient (Wildman–Crippen LogP) is 4.93. The summed E-state index contributed by atoms with van der Waals surface area (Å²) in [5.74, 6) is -1.32. The van der Waals surface area contributed by atoms with Crippen LogP contribution in [-0.4, -0.2) is 16.1 Å². The van der Waals surface area contributed by atoms with E-state index in [1.165, 1.54) is 23.5 Å². The minimum atomic E-state index is -0.999. The number of aromatic carboxylic acids is 1. The third-order valence-corrected chi connectivity index (χ3v) is 4.70. The Morgan fingerprint density at radius 3 is 2.30 bits per heavy atom. The number of thiazole rings is 1. The zero-order valence-electron chi connectivity index (χ0n) is 12.6. The van der Waals surface area contributed by atoms with Crippen molar-refractivity contribution < 1.29 is 14.3 Å². The molecule has 0 spiro atoms. The minimum Gasteiger partial charge on any atom is -0.478 e. The van der Waals surface area contributed by atoms with Crippen LogP contribution in [0.5, 0.6) is 0 Å². The van der Waals surface area contributed by atoms with Gasteiger partial charge in [0.1, 0.15) is 5.82 Å². The number of aryl methyl sites for hydroxylation is 2. The molecular weight excluding hydrogens is 313 g/mol. The van der Waals surface area contributed by atoms with Gasteiger partial charge in [0.2, 0.25) is 0 Å². The highest BCUT2D eigenvalue weighted by Crippen LogP contribution is 2.35. The van der Waals surface area contributed by atoms with Gasteiger partial charge in [0.25, 0.3) is 0 Å². The smallest absolute Gasteiger partial charge is 0.335 e. The second-order valence-corrected chi connectivity index (χ2v) is 6.40. The molecule has 0 aliphatic rings. The van der Waals surface area contributed by atoms with Crippen LogP contribution in [0.2, 0.25) is 0 Å². The Bertz CT molecular complexity index is 885. The maximum Gasteiger partial charge on any atom is 0.335 e. The number of carboxylic acids is 1. The minimum absolute atomic E-state index is 0.180. The van der Waals surface area contributed by atoms with Crippen molar-refractivity contribution in [1.29, 1.82) is 0 Å². The molecule has 0 bridgehead atoms. The average molecular weight is 327 g/mol. The third kappa shape index (κ3) is 2.87. The molecule has 1 N–H and O–H groups in total. The van der Waals surface area contributed by atoms with E-state index in [1.54, 1.807) is 30.3 Å². The number of nitrogens with zero attached hydrogens (tertiary/aromatic N) is 1. The van der Waals surface area contributed by atoms with Crippen LogP contribution in [-0.2, 0) is 0 Å². The molecule has 116 valence electrons. The van der Waals surface area contributed by atoms with E-state index in [2.05, 4.69) is 4.98 Å². The average Bonchev–Trinajstić information content (AvgIpc) is 2.86. The summed E-state index contributed by atoms with van der Waals surface area (Å²) in [5.41, 5.74) is 2.61. The maximum atomic E-state index is 15.0. The highest BCUT2D eigenvalue weighted by atomic mass is 32.1. The monoisotopic (exact) mass is 327 g/mol. The fourth-order valence-corrected chi connectivity index (χ4v) is 3.44. The fourth-order valence-electron chi connectivity index (χ4n) is 2.50. The lowest BCUT2D eigenvalue weighted by Gasteiger charge is -2.08. The van der Waals surface area contributed by atoms with Gasteiger partial charge in [-0.3, -0.25) is 0 Å². The number of hydrogen-bond acceptors (Lipinski definition) is 3. The van der Waals surface area contributed by atoms with Gasteiger partial charge in [-0.25, -0.2) is 14.2 Å². The number of carboxylic acid groups (broad SMARTS) is 1. The van der Waals surface area contributed by atoms with E-state index in [0.717, 1.165) is 15.6 Å². The molecule has 0 radical (unpaired) electrons. The van der Waals surface area contributed by atoms with Gasteiger partial charge in [0, 0.05) is 11.1 Å². The Hall–Kier alpha value is -2.53. The summed E-state index contributed by atoms with van der Waals surface area (Å²) < 4.78 is 15.0. The zero-order valence-corrected chi connectivity index (χ0v) is 13.4. The molecular formula is C18H14FNO2S. The highest BCUT2D eigenvalue weighted by molar-refractivity contribution is 7.15. The molecule has 5 heteroatoms. The number of rotatable bonds is 3. The molecule has 0 aliphatic heterocycles. The largest absolute Gasteiger partial charge is 0.478 e. The Morgan fingerprint density at radius 2 is 1.74 bits per heavy atom. The van der Waals surface area contributed by atoms with Crippen LogP contribution >= 0.6 is 11.3 Å². The molecule has 23 heavy (non-hydrogen) atoms. The Labute approximate surface area is 137 Å². The van der Waals surface area contributed by atoms with Crippen LogP contribution in [0, 0.1) is 19.7 Å². The molecule has 0 unspecified atom stereocenters. The highest BCUT2D eigenvalue weighted by Gasteiger charge is 2.16. The zero-order chi connectivity index (χ0) is 16.6. The first kappa shape index (κ1) is 15.4. The molecule has 0 saturated heterocycles. The quantitative estimate of drug-likeness (QED) is 0.742. The number of aromatic nitrogens is 1. The van der Waals surface area contributed by atoms with Gasteiger partial charge in [0.15, 0.2) is 0 Å². The first-order valence-corrected chi connectivity index (χ1v) is 7.85. The maximum absolute atomic E-state index is 15.0. The SMILES string of the molecule is Cc1nc(C)c(-c2cccc(-c3ccc(C(=O)O)cc3)c2F)s1. The fraction of sp³-hybridized carbons (Fsp3) is 0.111. The van der Waals surface area contributed by atoms with Crippen LogP contribution in [0.1, 0.15) is 21.1 Å². The molecule has 0 fully saturated rings. The molecule has 1 aromatic heterocycles. The summed E-state index contributed by atoms with van der Waals surface area (Å²) in [6, 6.07) is 11.4. The number of halogens is 1. The van der Waals surface area contributed by atoms with Crippen molar-refractivity contribution in [2.75, 3.05) is 0 Å². The van der Waals surface area contributed by atoms with Gasteiger partial charge in [-0.1, -0.05) is 30.3 Å². The molecule has 1 heterocycles. The van der Waals surface area contributed by atoms with Crippen molar-refractivity contribution in [2.45, 2.75) is 13.8 Å². The molecule has 2 aromatic carbocycles. The van der Waals surface area contributed by atoms with Crippen molar-refractivity contribution in [3.8, 4) is 21.6 Å². The van der Waals surface area contributed by atoms with E-state index in [0.29, 0.717) is 16.7 Å². The van der Waals surface area contributed by atoms with Crippen molar-refractivity contribution in [1.82, 2.24) is 4.98 Å². The number of benzene rings is 2. The van der Waals surface area contributed by atoms with Crippen LogP contribution in [0.25, 0.3) is 21.6 Å². The van der Waals surface area contributed by atoms with Crippen LogP contribution in [0.15, 0.2) is 42.5 Å². The van der Waals surface area contributed by atoms with E-state index in [-0.39, 0.29) is 11.4 Å². The summed E-state index contributed by atoms with van der Waals surface area (Å²) >= 11 is 1.46. The van der Waals surface area contributed by atoms with Gasteiger partial charge in [-0.05, 0) is 31.5 Å². The molecule has 0 atom stereocenters. The van der Waals surface area contributed by atoms with Gasteiger partial charge < -0.3 is 5.11 Å². The summed E-state index contributed by atoms with van der Waals surface area (Å²) in [4.78, 5) is 16.1. The third-order valence-electron chi connectivity index (χ3n) is 3.59. The Morgan fingerprint density at radius 1 is 1.09 bits per heavy atom. The standard InChI is InChI=1S/C18H14FNO2S/c1-10-17(23-11(2)20-10)15-5-3-4-14(16(15)19)12-6-8-13(9-7-12)18(21)22/h3-9H,1-2H3,(H,21,22). The van der Waals surface area contributed by atoms with Gasteiger partial charge in [-0.2, -0.15) is 0 Å².